The Morgan fingerprint density at radius 3 is 2.65 bits per heavy atom. The minimum Gasteiger partial charge on any atom is -0.363 e. The lowest BCUT2D eigenvalue weighted by Gasteiger charge is -2.23. The molecule has 20 heavy (non-hydrogen) atoms. The first-order valence-electron chi connectivity index (χ1n) is 7.28. The summed E-state index contributed by atoms with van der Waals surface area (Å²) in [4.78, 5) is 2.45. The number of rotatable bonds is 0. The Hall–Kier alpha value is -2.02. The summed E-state index contributed by atoms with van der Waals surface area (Å²) in [5.74, 6) is 0. The van der Waals surface area contributed by atoms with E-state index >= 15 is 0 Å². The second kappa shape index (κ2) is 3.99. The smallest absolute Gasteiger partial charge is 0.0768 e. The predicted molar refractivity (Wildman–Crippen MR) is 85.1 cm³/mol. The van der Waals surface area contributed by atoms with Gasteiger partial charge in [0, 0.05) is 18.0 Å². The molecule has 2 aromatic carbocycles. The Balaban J connectivity index is 2.12. The average molecular weight is 261 g/mol. The molecular formula is C19H19N. The lowest BCUT2D eigenvalue weighted by molar-refractivity contribution is 0.864. The minimum atomic E-state index is 0.446. The molecule has 1 aliphatic heterocycles. The van der Waals surface area contributed by atoms with Gasteiger partial charge in [-0.3, -0.25) is 0 Å². The summed E-state index contributed by atoms with van der Waals surface area (Å²) in [5.41, 5.74) is 7.35. The van der Waals surface area contributed by atoms with Gasteiger partial charge in [-0.2, -0.15) is 0 Å². The standard InChI is InChI=1S/C19H19N/c1-12(2)14-9-6-10-17-18(14)16-11-13-7-4-5-8-15(13)19(16)20(17)3/h4-10,19H,11H2,1-3H3. The first-order chi connectivity index (χ1) is 9.68. The fraction of sp³-hybridized carbons (Fsp3) is 0.263. The van der Waals surface area contributed by atoms with Crippen molar-refractivity contribution in [1.82, 2.24) is 0 Å². The highest BCUT2D eigenvalue weighted by molar-refractivity contribution is 5.79. The van der Waals surface area contributed by atoms with Crippen molar-refractivity contribution in [2.75, 3.05) is 11.9 Å². The van der Waals surface area contributed by atoms with Crippen LogP contribution in [0.15, 0.2) is 42.5 Å². The summed E-state index contributed by atoms with van der Waals surface area (Å²) >= 11 is 0. The first kappa shape index (κ1) is 11.8. The zero-order chi connectivity index (χ0) is 13.9. The van der Waals surface area contributed by atoms with Crippen LogP contribution in [0.1, 0.15) is 31.0 Å². The van der Waals surface area contributed by atoms with Gasteiger partial charge >= 0.3 is 0 Å². The van der Waals surface area contributed by atoms with Crippen LogP contribution in [0, 0.1) is 0 Å². The third-order valence-corrected chi connectivity index (χ3v) is 4.73. The minimum absolute atomic E-state index is 0.446. The molecule has 2 aliphatic rings. The van der Waals surface area contributed by atoms with Crippen LogP contribution in [0.4, 0.5) is 5.69 Å². The fourth-order valence-corrected chi connectivity index (χ4v) is 3.85. The number of fused-ring (bicyclic) bond motifs is 4. The van der Waals surface area contributed by atoms with E-state index in [1.807, 2.05) is 0 Å². The van der Waals surface area contributed by atoms with Crippen LogP contribution in [-0.4, -0.2) is 7.05 Å². The van der Waals surface area contributed by atoms with Crippen LogP contribution >= 0.6 is 0 Å². The van der Waals surface area contributed by atoms with Gasteiger partial charge in [-0.05, 0) is 48.3 Å². The molecule has 1 atom stereocenters. The van der Waals surface area contributed by atoms with Gasteiger partial charge in [0.15, 0.2) is 0 Å². The van der Waals surface area contributed by atoms with Gasteiger partial charge in [0.25, 0.3) is 0 Å². The molecule has 2 aromatic rings. The quantitative estimate of drug-likeness (QED) is 0.705. The Morgan fingerprint density at radius 2 is 1.85 bits per heavy atom. The van der Waals surface area contributed by atoms with Crippen LogP contribution in [0.5, 0.6) is 0 Å². The molecule has 0 bridgehead atoms. The van der Waals surface area contributed by atoms with Gasteiger partial charge in [0.2, 0.25) is 0 Å². The Labute approximate surface area is 119 Å². The summed E-state index contributed by atoms with van der Waals surface area (Å²) in [7, 11) is 2.23. The third-order valence-electron chi connectivity index (χ3n) is 4.73. The number of nitrogens with zero attached hydrogens (tertiary/aromatic N) is 1. The highest BCUT2D eigenvalue weighted by atomic mass is 15.2. The molecule has 1 heteroatoms. The molecule has 100 valence electrons. The number of hydrogen-bond donors (Lipinski definition) is 0. The summed E-state index contributed by atoms with van der Waals surface area (Å²) in [6.45, 7) is 4.43. The maximum absolute atomic E-state index is 2.45. The molecule has 0 N–H and O–H groups in total. The van der Waals surface area contributed by atoms with E-state index in [1.165, 1.54) is 32.8 Å². The number of hydrogen-bond acceptors (Lipinski definition) is 1. The molecule has 0 saturated carbocycles. The fourth-order valence-electron chi connectivity index (χ4n) is 3.85. The summed E-state index contributed by atoms with van der Waals surface area (Å²) in [6, 6.07) is 16.0. The third kappa shape index (κ3) is 1.38. The van der Waals surface area contributed by atoms with E-state index < -0.39 is 0 Å². The van der Waals surface area contributed by atoms with E-state index in [-0.39, 0.29) is 0 Å². The molecule has 1 aliphatic carbocycles. The molecule has 1 heterocycles. The molecule has 0 radical (unpaired) electrons. The van der Waals surface area contributed by atoms with Gasteiger partial charge in [0.1, 0.15) is 0 Å². The van der Waals surface area contributed by atoms with E-state index in [9.17, 15) is 0 Å². The largest absolute Gasteiger partial charge is 0.363 e. The highest BCUT2D eigenvalue weighted by Crippen LogP contribution is 2.44. The van der Waals surface area contributed by atoms with Crippen LogP contribution in [-0.2, 0) is 6.42 Å². The van der Waals surface area contributed by atoms with E-state index in [0.717, 1.165) is 6.42 Å². The number of benzene rings is 2. The van der Waals surface area contributed by atoms with Gasteiger partial charge in [-0.15, -0.1) is 0 Å². The van der Waals surface area contributed by atoms with Crippen molar-refractivity contribution in [2.24, 2.45) is 0 Å². The Kier molecular flexibility index (Phi) is 2.35. The molecule has 0 fully saturated rings. The zero-order valence-electron chi connectivity index (χ0n) is 12.3. The van der Waals surface area contributed by atoms with E-state index in [0.29, 0.717) is 6.04 Å². The van der Waals surface area contributed by atoms with E-state index in [4.69, 9.17) is 0 Å². The maximum Gasteiger partial charge on any atom is 0.0768 e. The van der Waals surface area contributed by atoms with Crippen molar-refractivity contribution in [1.29, 1.82) is 0 Å². The Morgan fingerprint density at radius 1 is 1.05 bits per heavy atom. The molecule has 4 rings (SSSR count). The number of anilines is 1. The molecule has 0 saturated heterocycles. The van der Waals surface area contributed by atoms with Crippen molar-refractivity contribution in [2.45, 2.75) is 26.3 Å². The average Bonchev–Trinajstić information content (AvgIpc) is 2.96. The predicted octanol–water partition coefficient (Wildman–Crippen LogP) is 2.78. The van der Waals surface area contributed by atoms with Crippen molar-refractivity contribution in [3.05, 3.63) is 64.0 Å². The second-order valence-electron chi connectivity index (χ2n) is 6.11. The topological polar surface area (TPSA) is 3.24 Å². The SMILES string of the molecule is CC(C)=c1cccc2c1=C1Cc3ccccc3C1N2C. The molecule has 0 amide bonds. The lowest BCUT2D eigenvalue weighted by atomic mass is 10.1. The lowest BCUT2D eigenvalue weighted by Crippen LogP contribution is -2.28. The van der Waals surface area contributed by atoms with Crippen molar-refractivity contribution >= 4 is 16.8 Å². The summed E-state index contributed by atoms with van der Waals surface area (Å²) in [5, 5.41) is 2.90. The van der Waals surface area contributed by atoms with E-state index in [1.54, 1.807) is 5.57 Å². The Bertz CT molecular complexity index is 825. The second-order valence-corrected chi connectivity index (χ2v) is 6.11. The van der Waals surface area contributed by atoms with Crippen LogP contribution < -0.4 is 15.3 Å². The molecular weight excluding hydrogens is 242 g/mol. The van der Waals surface area contributed by atoms with Gasteiger partial charge < -0.3 is 4.90 Å². The van der Waals surface area contributed by atoms with Crippen molar-refractivity contribution < 1.29 is 0 Å². The van der Waals surface area contributed by atoms with Crippen molar-refractivity contribution in [3.8, 4) is 0 Å². The normalized spacial score (nSPS) is 18.9. The van der Waals surface area contributed by atoms with Gasteiger partial charge in [0.05, 0.1) is 6.04 Å². The maximum atomic E-state index is 2.45. The van der Waals surface area contributed by atoms with Crippen LogP contribution in [0.2, 0.25) is 0 Å². The summed E-state index contributed by atoms with van der Waals surface area (Å²) in [6.07, 6.45) is 1.10. The van der Waals surface area contributed by atoms with Gasteiger partial charge in [-0.25, -0.2) is 0 Å². The monoisotopic (exact) mass is 261 g/mol. The van der Waals surface area contributed by atoms with E-state index in [2.05, 4.69) is 68.3 Å². The van der Waals surface area contributed by atoms with Crippen LogP contribution in [0.3, 0.4) is 0 Å². The van der Waals surface area contributed by atoms with Crippen molar-refractivity contribution in [3.63, 3.8) is 0 Å². The molecule has 0 spiro atoms. The van der Waals surface area contributed by atoms with Gasteiger partial charge in [-0.1, -0.05) is 42.0 Å². The zero-order valence-corrected chi connectivity index (χ0v) is 12.3. The highest BCUT2D eigenvalue weighted by Gasteiger charge is 2.36. The summed E-state index contributed by atoms with van der Waals surface area (Å²) < 4.78 is 0. The van der Waals surface area contributed by atoms with Crippen LogP contribution in [0.25, 0.3) is 11.1 Å². The molecule has 0 aromatic heterocycles. The first-order valence-corrected chi connectivity index (χ1v) is 7.28. The molecule has 1 nitrogen and oxygen atoms in total. The molecule has 1 unspecified atom stereocenters.